The minimum Gasteiger partial charge on any atom is -0.466 e. The number of carbonyl (C=O) groups excluding carboxylic acids is 2. The van der Waals surface area contributed by atoms with Crippen LogP contribution >= 0.6 is 0 Å². The topological polar surface area (TPSA) is 61.8 Å². The van der Waals surface area contributed by atoms with Crippen molar-refractivity contribution >= 4 is 12.1 Å². The second-order valence-electron chi connectivity index (χ2n) is 5.49. The second-order valence-corrected chi connectivity index (χ2v) is 5.49. The summed E-state index contributed by atoms with van der Waals surface area (Å²) in [4.78, 5) is 23.8. The van der Waals surface area contributed by atoms with Gasteiger partial charge >= 0.3 is 12.1 Å². The van der Waals surface area contributed by atoms with Crippen LogP contribution in [0, 0.1) is 5.41 Å². The highest BCUT2D eigenvalue weighted by Gasteiger charge is 2.38. The Hall–Kier alpha value is -1.26. The van der Waals surface area contributed by atoms with Gasteiger partial charge in [0.05, 0.1) is 25.2 Å². The molecule has 0 heterocycles. The fraction of sp³-hybridized carbons (Fsp3) is 0.882. The highest BCUT2D eigenvalue weighted by Crippen LogP contribution is 2.36. The molecule has 0 aromatic heterocycles. The molecule has 0 radical (unpaired) electrons. The smallest absolute Gasteiger partial charge is 0.466 e. The molecule has 0 rings (SSSR count). The molecule has 0 aromatic rings. The summed E-state index contributed by atoms with van der Waals surface area (Å²) in [5.74, 6) is -0.163. The molecular weight excluding hydrogens is 284 g/mol. The molecule has 0 N–H and O–H groups in total. The molecule has 0 aliphatic heterocycles. The lowest BCUT2D eigenvalue weighted by Gasteiger charge is -2.31. The Morgan fingerprint density at radius 2 is 1.32 bits per heavy atom. The van der Waals surface area contributed by atoms with Gasteiger partial charge in [-0.25, -0.2) is 4.79 Å². The van der Waals surface area contributed by atoms with Crippen LogP contribution in [-0.2, 0) is 19.0 Å². The SMILES string of the molecule is CCCCC(CCCC)(CCOC(=O)OCC)C(=O)OCC. The first kappa shape index (κ1) is 20.7. The molecule has 0 unspecified atom stereocenters. The van der Waals surface area contributed by atoms with Crippen LogP contribution in [0.2, 0.25) is 0 Å². The molecule has 0 fully saturated rings. The minimum atomic E-state index is -0.675. The van der Waals surface area contributed by atoms with Crippen LogP contribution in [-0.4, -0.2) is 31.9 Å². The molecule has 0 saturated heterocycles. The summed E-state index contributed by atoms with van der Waals surface area (Å²) in [6.45, 7) is 8.59. The normalized spacial score (nSPS) is 11.1. The molecule has 0 saturated carbocycles. The summed E-state index contributed by atoms with van der Waals surface area (Å²) < 4.78 is 15.1. The zero-order valence-electron chi connectivity index (χ0n) is 14.6. The number of carbonyl (C=O) groups is 2. The van der Waals surface area contributed by atoms with E-state index in [9.17, 15) is 9.59 Å². The number of esters is 1. The highest BCUT2D eigenvalue weighted by atomic mass is 16.7. The highest BCUT2D eigenvalue weighted by molar-refractivity contribution is 5.76. The van der Waals surface area contributed by atoms with Crippen LogP contribution in [0.5, 0.6) is 0 Å². The van der Waals surface area contributed by atoms with E-state index in [0.717, 1.165) is 38.5 Å². The third-order valence-electron chi connectivity index (χ3n) is 3.79. The van der Waals surface area contributed by atoms with Crippen molar-refractivity contribution < 1.29 is 23.8 Å². The predicted octanol–water partition coefficient (Wildman–Crippen LogP) is 4.48. The lowest BCUT2D eigenvalue weighted by Crippen LogP contribution is -2.35. The average molecular weight is 316 g/mol. The number of ether oxygens (including phenoxy) is 3. The van der Waals surface area contributed by atoms with Crippen molar-refractivity contribution in [2.75, 3.05) is 19.8 Å². The summed E-state index contributed by atoms with van der Waals surface area (Å²) in [6.07, 6.45) is 5.32. The number of hydrogen-bond acceptors (Lipinski definition) is 5. The number of hydrogen-bond donors (Lipinski definition) is 0. The van der Waals surface area contributed by atoms with Gasteiger partial charge in [-0.05, 0) is 33.1 Å². The van der Waals surface area contributed by atoms with Gasteiger partial charge in [0.15, 0.2) is 0 Å². The Kier molecular flexibility index (Phi) is 11.6. The van der Waals surface area contributed by atoms with Gasteiger partial charge in [-0.15, -0.1) is 0 Å². The van der Waals surface area contributed by atoms with E-state index in [2.05, 4.69) is 13.8 Å². The Bertz CT molecular complexity index is 306. The van der Waals surface area contributed by atoms with Gasteiger partial charge in [0.2, 0.25) is 0 Å². The quantitative estimate of drug-likeness (QED) is 0.497. The molecule has 0 aliphatic carbocycles. The standard InChI is InChI=1S/C17H32O5/c1-5-9-11-17(12-10-6-2,15(18)20-7-3)13-14-22-16(19)21-8-4/h5-14H2,1-4H3. The van der Waals surface area contributed by atoms with Gasteiger partial charge in [0.25, 0.3) is 0 Å². The molecule has 0 spiro atoms. The first-order valence-electron chi connectivity index (χ1n) is 8.53. The van der Waals surface area contributed by atoms with Gasteiger partial charge in [-0.3, -0.25) is 4.79 Å². The maximum atomic E-state index is 12.5. The van der Waals surface area contributed by atoms with Crippen molar-refractivity contribution in [1.29, 1.82) is 0 Å². The van der Waals surface area contributed by atoms with Crippen LogP contribution in [0.15, 0.2) is 0 Å². The van der Waals surface area contributed by atoms with Gasteiger partial charge in [-0.1, -0.05) is 39.5 Å². The van der Waals surface area contributed by atoms with E-state index < -0.39 is 11.6 Å². The Labute approximate surface area is 134 Å². The van der Waals surface area contributed by atoms with E-state index in [1.54, 1.807) is 6.92 Å². The Morgan fingerprint density at radius 3 is 1.77 bits per heavy atom. The van der Waals surface area contributed by atoms with E-state index in [1.165, 1.54) is 0 Å². The first-order chi connectivity index (χ1) is 10.6. The minimum absolute atomic E-state index is 0.163. The molecule has 22 heavy (non-hydrogen) atoms. The zero-order chi connectivity index (χ0) is 16.8. The Morgan fingerprint density at radius 1 is 0.773 bits per heavy atom. The van der Waals surface area contributed by atoms with Crippen LogP contribution in [0.3, 0.4) is 0 Å². The summed E-state index contributed by atoms with van der Waals surface area (Å²) in [5, 5.41) is 0. The summed E-state index contributed by atoms with van der Waals surface area (Å²) in [6, 6.07) is 0. The van der Waals surface area contributed by atoms with Crippen LogP contribution < -0.4 is 0 Å². The maximum Gasteiger partial charge on any atom is 0.508 e. The van der Waals surface area contributed by atoms with E-state index in [-0.39, 0.29) is 19.2 Å². The maximum absolute atomic E-state index is 12.5. The van der Waals surface area contributed by atoms with Gasteiger partial charge in [0.1, 0.15) is 0 Å². The van der Waals surface area contributed by atoms with Crippen molar-refractivity contribution in [3.05, 3.63) is 0 Å². The van der Waals surface area contributed by atoms with Crippen molar-refractivity contribution in [2.45, 2.75) is 72.6 Å². The summed E-state index contributed by atoms with van der Waals surface area (Å²) in [5.41, 5.74) is -0.547. The molecular formula is C17H32O5. The monoisotopic (exact) mass is 316 g/mol. The lowest BCUT2D eigenvalue weighted by molar-refractivity contribution is -0.158. The van der Waals surface area contributed by atoms with Crippen molar-refractivity contribution in [3.8, 4) is 0 Å². The zero-order valence-corrected chi connectivity index (χ0v) is 14.6. The Balaban J connectivity index is 4.82. The van der Waals surface area contributed by atoms with Gasteiger partial charge in [0, 0.05) is 0 Å². The first-order valence-corrected chi connectivity index (χ1v) is 8.53. The number of rotatable bonds is 12. The van der Waals surface area contributed by atoms with E-state index >= 15 is 0 Å². The van der Waals surface area contributed by atoms with E-state index in [1.807, 2.05) is 6.92 Å². The molecule has 0 bridgehead atoms. The molecule has 5 nitrogen and oxygen atoms in total. The summed E-state index contributed by atoms with van der Waals surface area (Å²) in [7, 11) is 0. The van der Waals surface area contributed by atoms with Gasteiger partial charge in [-0.2, -0.15) is 0 Å². The van der Waals surface area contributed by atoms with Gasteiger partial charge < -0.3 is 14.2 Å². The molecule has 0 aromatic carbocycles. The molecule has 0 atom stereocenters. The van der Waals surface area contributed by atoms with E-state index in [4.69, 9.17) is 14.2 Å². The van der Waals surface area contributed by atoms with Crippen LogP contribution in [0.4, 0.5) is 4.79 Å². The van der Waals surface area contributed by atoms with Crippen molar-refractivity contribution in [1.82, 2.24) is 0 Å². The fourth-order valence-corrected chi connectivity index (χ4v) is 2.48. The third kappa shape index (κ3) is 7.66. The largest absolute Gasteiger partial charge is 0.508 e. The fourth-order valence-electron chi connectivity index (χ4n) is 2.48. The van der Waals surface area contributed by atoms with Crippen molar-refractivity contribution in [3.63, 3.8) is 0 Å². The van der Waals surface area contributed by atoms with Crippen LogP contribution in [0.25, 0.3) is 0 Å². The second kappa shape index (κ2) is 12.3. The van der Waals surface area contributed by atoms with Crippen LogP contribution in [0.1, 0.15) is 72.6 Å². The molecule has 0 aliphatic rings. The molecule has 5 heteroatoms. The molecule has 0 amide bonds. The average Bonchev–Trinajstić information content (AvgIpc) is 2.50. The summed E-state index contributed by atoms with van der Waals surface area (Å²) >= 11 is 0. The molecule has 130 valence electrons. The third-order valence-corrected chi connectivity index (χ3v) is 3.79. The lowest BCUT2D eigenvalue weighted by atomic mass is 9.75. The predicted molar refractivity (Wildman–Crippen MR) is 85.7 cm³/mol. The van der Waals surface area contributed by atoms with E-state index in [0.29, 0.717) is 13.0 Å². The number of unbranched alkanes of at least 4 members (excludes halogenated alkanes) is 2. The van der Waals surface area contributed by atoms with Crippen molar-refractivity contribution in [2.24, 2.45) is 5.41 Å².